The third-order valence-corrected chi connectivity index (χ3v) is 6.47. The van der Waals surface area contributed by atoms with E-state index in [4.69, 9.17) is 13.9 Å². The maximum absolute atomic E-state index is 13.0. The molecule has 4 rings (SSSR count). The number of fused-ring (bicyclic) bond motifs is 1. The number of nitrogens with zero attached hydrogens (tertiary/aromatic N) is 2. The lowest BCUT2D eigenvalue weighted by molar-refractivity contribution is -0.123. The lowest BCUT2D eigenvalue weighted by Gasteiger charge is -2.14. The summed E-state index contributed by atoms with van der Waals surface area (Å²) in [4.78, 5) is 42.6. The Morgan fingerprint density at radius 1 is 1.14 bits per heavy atom. The quantitative estimate of drug-likeness (QED) is 0.345. The Balaban J connectivity index is 1.52. The lowest BCUT2D eigenvalue weighted by atomic mass is 10.1. The molecule has 0 radical (unpaired) electrons. The highest BCUT2D eigenvalue weighted by Gasteiger charge is 2.26. The Morgan fingerprint density at radius 3 is 2.58 bits per heavy atom. The molecular formula is C26H21N3O6S. The van der Waals surface area contributed by atoms with Crippen LogP contribution in [0.5, 0.6) is 0 Å². The van der Waals surface area contributed by atoms with E-state index in [2.05, 4.69) is 10.3 Å². The molecule has 0 saturated heterocycles. The number of carbonyl (C=O) groups is 3. The zero-order valence-electron chi connectivity index (χ0n) is 19.7. The number of anilines is 1. The number of oxazole rings is 1. The molecule has 0 bridgehead atoms. The molecule has 1 amide bonds. The molecule has 1 N–H and O–H groups in total. The summed E-state index contributed by atoms with van der Waals surface area (Å²) in [5.41, 5.74) is 2.38. The van der Waals surface area contributed by atoms with E-state index in [9.17, 15) is 19.6 Å². The van der Waals surface area contributed by atoms with Crippen molar-refractivity contribution < 1.29 is 28.3 Å². The van der Waals surface area contributed by atoms with Gasteiger partial charge in [0.15, 0.2) is 11.7 Å². The summed E-state index contributed by atoms with van der Waals surface area (Å²) in [6, 6.07) is 15.8. The van der Waals surface area contributed by atoms with E-state index in [1.165, 1.54) is 6.92 Å². The molecule has 0 aliphatic heterocycles. The highest BCUT2D eigenvalue weighted by atomic mass is 32.1. The fourth-order valence-electron chi connectivity index (χ4n) is 3.45. The van der Waals surface area contributed by atoms with Gasteiger partial charge in [-0.2, -0.15) is 5.26 Å². The average molecular weight is 504 g/mol. The number of hydrogen-bond donors (Lipinski definition) is 1. The normalized spacial score (nSPS) is 11.5. The monoisotopic (exact) mass is 503 g/mol. The minimum atomic E-state index is -1.20. The van der Waals surface area contributed by atoms with Gasteiger partial charge in [0, 0.05) is 0 Å². The number of para-hydroxylation sites is 2. The minimum absolute atomic E-state index is 0.149. The predicted octanol–water partition coefficient (Wildman–Crippen LogP) is 5.10. The van der Waals surface area contributed by atoms with Gasteiger partial charge in [-0.3, -0.25) is 4.79 Å². The molecule has 9 nitrogen and oxygen atoms in total. The van der Waals surface area contributed by atoms with Crippen LogP contribution in [0.2, 0.25) is 0 Å². The second-order valence-corrected chi connectivity index (χ2v) is 8.68. The summed E-state index contributed by atoms with van der Waals surface area (Å²) in [5.74, 6) is -1.73. The van der Waals surface area contributed by atoms with Gasteiger partial charge >= 0.3 is 11.9 Å². The predicted molar refractivity (Wildman–Crippen MR) is 133 cm³/mol. The van der Waals surface area contributed by atoms with Gasteiger partial charge in [0.2, 0.25) is 5.89 Å². The van der Waals surface area contributed by atoms with E-state index >= 15 is 0 Å². The second kappa shape index (κ2) is 10.4. The van der Waals surface area contributed by atoms with Crippen LogP contribution in [0, 0.1) is 18.3 Å². The van der Waals surface area contributed by atoms with Crippen LogP contribution in [0.25, 0.3) is 22.6 Å². The van der Waals surface area contributed by atoms with Crippen molar-refractivity contribution in [2.45, 2.75) is 26.9 Å². The first-order chi connectivity index (χ1) is 17.3. The standard InChI is InChI=1S/C26H21N3O6S/c1-4-33-26(32)21-14(2)18(13-27)24(36-21)29-22(30)15(3)34-25(31)17-10-6-5-9-16(17)23-28-19-11-7-8-12-20(19)35-23/h5-12,15H,4H2,1-3H3,(H,29,30). The van der Waals surface area contributed by atoms with Crippen LogP contribution in [0.4, 0.5) is 5.00 Å². The summed E-state index contributed by atoms with van der Waals surface area (Å²) in [7, 11) is 0. The minimum Gasteiger partial charge on any atom is -0.462 e. The number of carbonyl (C=O) groups excluding carboxylic acids is 3. The van der Waals surface area contributed by atoms with Crippen LogP contribution in [-0.4, -0.2) is 35.5 Å². The largest absolute Gasteiger partial charge is 0.462 e. The third-order valence-electron chi connectivity index (χ3n) is 5.28. The maximum atomic E-state index is 13.0. The molecule has 0 saturated carbocycles. The molecule has 2 heterocycles. The van der Waals surface area contributed by atoms with Crippen molar-refractivity contribution in [2.24, 2.45) is 0 Å². The van der Waals surface area contributed by atoms with Gasteiger partial charge < -0.3 is 19.2 Å². The van der Waals surface area contributed by atoms with Gasteiger partial charge in [0.25, 0.3) is 5.91 Å². The first-order valence-electron chi connectivity index (χ1n) is 11.0. The van der Waals surface area contributed by atoms with Crippen LogP contribution < -0.4 is 5.32 Å². The van der Waals surface area contributed by atoms with Gasteiger partial charge in [-0.25, -0.2) is 14.6 Å². The number of amides is 1. The zero-order valence-corrected chi connectivity index (χ0v) is 20.5. The smallest absolute Gasteiger partial charge is 0.348 e. The molecule has 10 heteroatoms. The summed E-state index contributed by atoms with van der Waals surface area (Å²) in [6.07, 6.45) is -1.20. The van der Waals surface area contributed by atoms with Crippen LogP contribution in [0.3, 0.4) is 0 Å². The van der Waals surface area contributed by atoms with E-state index in [1.807, 2.05) is 18.2 Å². The molecule has 1 unspecified atom stereocenters. The number of aromatic nitrogens is 1. The first-order valence-corrected chi connectivity index (χ1v) is 11.8. The van der Waals surface area contributed by atoms with Gasteiger partial charge in [0.1, 0.15) is 21.5 Å². The highest BCUT2D eigenvalue weighted by Crippen LogP contribution is 2.33. The number of nitrogens with one attached hydrogen (secondary N) is 1. The molecule has 36 heavy (non-hydrogen) atoms. The van der Waals surface area contributed by atoms with Crippen LogP contribution >= 0.6 is 11.3 Å². The maximum Gasteiger partial charge on any atom is 0.348 e. The zero-order chi connectivity index (χ0) is 25.8. The van der Waals surface area contributed by atoms with Crippen molar-refractivity contribution in [1.82, 2.24) is 4.98 Å². The van der Waals surface area contributed by atoms with Gasteiger partial charge in [-0.05, 0) is 50.6 Å². The van der Waals surface area contributed by atoms with E-state index < -0.39 is 23.9 Å². The van der Waals surface area contributed by atoms with Crippen molar-refractivity contribution in [3.63, 3.8) is 0 Å². The number of thiophene rings is 1. The van der Waals surface area contributed by atoms with Crippen molar-refractivity contribution in [1.29, 1.82) is 5.26 Å². The molecule has 0 fully saturated rings. The molecule has 2 aromatic heterocycles. The van der Waals surface area contributed by atoms with E-state index in [-0.39, 0.29) is 33.5 Å². The number of benzene rings is 2. The molecule has 4 aromatic rings. The van der Waals surface area contributed by atoms with Gasteiger partial charge in [0.05, 0.1) is 23.3 Å². The summed E-state index contributed by atoms with van der Waals surface area (Å²) in [5, 5.41) is 12.3. The van der Waals surface area contributed by atoms with Crippen LogP contribution in [0.1, 0.15) is 45.0 Å². The van der Waals surface area contributed by atoms with Crippen LogP contribution in [-0.2, 0) is 14.3 Å². The fourth-order valence-corrected chi connectivity index (χ4v) is 4.51. The summed E-state index contributed by atoms with van der Waals surface area (Å²) in [6.45, 7) is 4.86. The molecular weight excluding hydrogens is 482 g/mol. The Labute approximate surface area is 210 Å². The van der Waals surface area contributed by atoms with Crippen molar-refractivity contribution in [2.75, 3.05) is 11.9 Å². The van der Waals surface area contributed by atoms with Gasteiger partial charge in [-0.1, -0.05) is 24.3 Å². The number of nitriles is 1. The van der Waals surface area contributed by atoms with E-state index in [1.54, 1.807) is 50.2 Å². The van der Waals surface area contributed by atoms with E-state index in [0.717, 1.165) is 11.3 Å². The number of rotatable bonds is 7. The lowest BCUT2D eigenvalue weighted by Crippen LogP contribution is -2.30. The Morgan fingerprint density at radius 2 is 1.86 bits per heavy atom. The average Bonchev–Trinajstić information content (AvgIpc) is 3.44. The second-order valence-electron chi connectivity index (χ2n) is 7.66. The van der Waals surface area contributed by atoms with Gasteiger partial charge in [-0.15, -0.1) is 11.3 Å². The highest BCUT2D eigenvalue weighted by molar-refractivity contribution is 7.18. The first kappa shape index (κ1) is 24.6. The number of esters is 2. The number of hydrogen-bond acceptors (Lipinski definition) is 9. The van der Waals surface area contributed by atoms with Crippen molar-refractivity contribution in [3.05, 3.63) is 70.1 Å². The fraction of sp³-hybridized carbons (Fsp3) is 0.192. The molecule has 182 valence electrons. The SMILES string of the molecule is CCOC(=O)c1sc(NC(=O)C(C)OC(=O)c2ccccc2-c2nc3ccccc3o2)c(C#N)c1C. The Bertz CT molecular complexity index is 1480. The third kappa shape index (κ3) is 4.82. The summed E-state index contributed by atoms with van der Waals surface area (Å²) >= 11 is 0.931. The van der Waals surface area contributed by atoms with Crippen molar-refractivity contribution in [3.8, 4) is 17.5 Å². The topological polar surface area (TPSA) is 132 Å². The Hall–Kier alpha value is -4.49. The molecule has 0 aliphatic rings. The molecule has 1 atom stereocenters. The Kier molecular flexibility index (Phi) is 7.12. The molecule has 0 spiro atoms. The molecule has 0 aliphatic carbocycles. The number of ether oxygens (including phenoxy) is 2. The molecule has 2 aromatic carbocycles. The van der Waals surface area contributed by atoms with Crippen molar-refractivity contribution >= 4 is 45.3 Å². The van der Waals surface area contributed by atoms with E-state index in [0.29, 0.717) is 22.2 Å². The van der Waals surface area contributed by atoms with Crippen LogP contribution in [0.15, 0.2) is 52.9 Å². The summed E-state index contributed by atoms with van der Waals surface area (Å²) < 4.78 is 16.2.